The fourth-order valence-electron chi connectivity index (χ4n) is 2.82. The highest BCUT2D eigenvalue weighted by molar-refractivity contribution is 5.84. The number of rotatable bonds is 4. The van der Waals surface area contributed by atoms with Gasteiger partial charge in [0.2, 0.25) is 0 Å². The minimum absolute atomic E-state index is 0.216. The molecule has 0 radical (unpaired) electrons. The second kappa shape index (κ2) is 7.08. The van der Waals surface area contributed by atoms with Gasteiger partial charge in [0.25, 0.3) is 0 Å². The maximum atomic E-state index is 5.40. The summed E-state index contributed by atoms with van der Waals surface area (Å²) in [4.78, 5) is 5.19. The van der Waals surface area contributed by atoms with Gasteiger partial charge in [0.05, 0.1) is 5.71 Å². The van der Waals surface area contributed by atoms with E-state index in [1.54, 1.807) is 0 Å². The fourth-order valence-corrected chi connectivity index (χ4v) is 2.82. The van der Waals surface area contributed by atoms with E-state index in [1.807, 2.05) is 0 Å². The highest BCUT2D eigenvalue weighted by Gasteiger charge is 2.21. The van der Waals surface area contributed by atoms with Gasteiger partial charge in [-0.25, -0.2) is 0 Å². The summed E-state index contributed by atoms with van der Waals surface area (Å²) in [6.45, 7) is 7.85. The number of hydrogen-bond donors (Lipinski definition) is 1. The van der Waals surface area contributed by atoms with Crippen molar-refractivity contribution in [1.29, 1.82) is 0 Å². The first-order valence-corrected chi connectivity index (χ1v) is 7.99. The van der Waals surface area contributed by atoms with Crippen LogP contribution in [0.15, 0.2) is 29.4 Å². The smallest absolute Gasteiger partial charge is 0.129 e. The van der Waals surface area contributed by atoms with Crippen molar-refractivity contribution in [1.82, 2.24) is 0 Å². The Morgan fingerprint density at radius 2 is 1.95 bits per heavy atom. The van der Waals surface area contributed by atoms with Gasteiger partial charge in [0.1, 0.15) is 6.61 Å². The van der Waals surface area contributed by atoms with E-state index in [1.165, 1.54) is 29.7 Å². The highest BCUT2D eigenvalue weighted by atomic mass is 16.6. The minimum Gasteiger partial charge on any atom is -0.395 e. The lowest BCUT2D eigenvalue weighted by Gasteiger charge is -2.26. The van der Waals surface area contributed by atoms with Gasteiger partial charge in [0, 0.05) is 6.54 Å². The number of hydrogen-bond acceptors (Lipinski definition) is 3. The van der Waals surface area contributed by atoms with Crippen LogP contribution in [-0.4, -0.2) is 18.9 Å². The number of nitrogens with zero attached hydrogens (tertiary/aromatic N) is 1. The van der Waals surface area contributed by atoms with Gasteiger partial charge in [-0.2, -0.15) is 0 Å². The molecule has 0 spiro atoms. The van der Waals surface area contributed by atoms with Crippen LogP contribution in [0.2, 0.25) is 0 Å². The lowest BCUT2D eigenvalue weighted by molar-refractivity contribution is 0.150. The Morgan fingerprint density at radius 3 is 2.57 bits per heavy atom. The monoisotopic (exact) mass is 288 g/mol. The first kappa shape index (κ1) is 16.0. The van der Waals surface area contributed by atoms with Gasteiger partial charge in [-0.05, 0) is 48.1 Å². The number of benzene rings is 1. The molecule has 0 atom stereocenters. The van der Waals surface area contributed by atoms with E-state index < -0.39 is 0 Å². The van der Waals surface area contributed by atoms with Crippen LogP contribution in [0.5, 0.6) is 0 Å². The minimum atomic E-state index is 0.216. The van der Waals surface area contributed by atoms with Crippen molar-refractivity contribution in [2.75, 3.05) is 13.2 Å². The predicted molar refractivity (Wildman–Crippen MR) is 88.8 cm³/mol. The van der Waals surface area contributed by atoms with E-state index in [2.05, 4.69) is 50.2 Å². The fraction of sp³-hybridized carbons (Fsp3) is 0.611. The summed E-state index contributed by atoms with van der Waals surface area (Å²) >= 11 is 0. The Hall–Kier alpha value is -1.35. The molecule has 0 saturated heterocycles. The first-order valence-electron chi connectivity index (χ1n) is 7.99. The molecule has 116 valence electrons. The van der Waals surface area contributed by atoms with E-state index in [9.17, 15) is 0 Å². The van der Waals surface area contributed by atoms with Crippen LogP contribution in [0.25, 0.3) is 0 Å². The van der Waals surface area contributed by atoms with Gasteiger partial charge in [-0.1, -0.05) is 50.2 Å². The lowest BCUT2D eigenvalue weighted by atomic mass is 9.80. The number of oxime groups is 1. The molecule has 1 saturated carbocycles. The van der Waals surface area contributed by atoms with E-state index >= 15 is 0 Å². The third-order valence-corrected chi connectivity index (χ3v) is 4.19. The van der Waals surface area contributed by atoms with Crippen molar-refractivity contribution in [3.8, 4) is 0 Å². The molecule has 21 heavy (non-hydrogen) atoms. The summed E-state index contributed by atoms with van der Waals surface area (Å²) in [7, 11) is 0. The average Bonchev–Trinajstić information content (AvgIpc) is 2.47. The third-order valence-electron chi connectivity index (χ3n) is 4.19. The quantitative estimate of drug-likeness (QED) is 0.673. The summed E-state index contributed by atoms with van der Waals surface area (Å²) in [6.07, 6.45) is 4.40. The summed E-state index contributed by atoms with van der Waals surface area (Å²) in [5, 5.41) is 4.19. The molecule has 0 unspecified atom stereocenters. The molecule has 1 fully saturated rings. The molecule has 0 aromatic heterocycles. The molecule has 0 amide bonds. The van der Waals surface area contributed by atoms with E-state index in [-0.39, 0.29) is 5.41 Å². The van der Waals surface area contributed by atoms with Crippen molar-refractivity contribution in [3.05, 3.63) is 35.4 Å². The Labute approximate surface area is 128 Å². The molecule has 1 aromatic carbocycles. The summed E-state index contributed by atoms with van der Waals surface area (Å²) in [5.74, 6) is 0.653. The van der Waals surface area contributed by atoms with Gasteiger partial charge in [-0.15, -0.1) is 0 Å². The molecule has 3 nitrogen and oxygen atoms in total. The van der Waals surface area contributed by atoms with Gasteiger partial charge in [-0.3, -0.25) is 0 Å². The molecule has 0 heterocycles. The molecular formula is C18H28N2O. The largest absolute Gasteiger partial charge is 0.395 e. The standard InChI is InChI=1S/C18H28N2O/c1-18(2,3)16-6-4-5-15(13-16)14-7-9-17(10-8-14)20-21-12-11-19/h4-6,13-14H,7-12,19H2,1-3H3. The molecule has 2 N–H and O–H groups in total. The Bertz CT molecular complexity index is 478. The van der Waals surface area contributed by atoms with Gasteiger partial charge < -0.3 is 10.6 Å². The van der Waals surface area contributed by atoms with Crippen LogP contribution in [0, 0.1) is 0 Å². The van der Waals surface area contributed by atoms with Crippen LogP contribution >= 0.6 is 0 Å². The second-order valence-electron chi connectivity index (χ2n) is 6.93. The summed E-state index contributed by atoms with van der Waals surface area (Å²) in [5.41, 5.74) is 9.70. The maximum absolute atomic E-state index is 5.40. The van der Waals surface area contributed by atoms with Crippen molar-refractivity contribution < 1.29 is 4.84 Å². The SMILES string of the molecule is CC(C)(C)c1cccc(C2CCC(=NOCCN)CC2)c1. The maximum Gasteiger partial charge on any atom is 0.129 e. The summed E-state index contributed by atoms with van der Waals surface area (Å²) < 4.78 is 0. The van der Waals surface area contributed by atoms with E-state index in [0.29, 0.717) is 19.1 Å². The average molecular weight is 288 g/mol. The van der Waals surface area contributed by atoms with Crippen molar-refractivity contribution in [2.24, 2.45) is 10.9 Å². The zero-order valence-corrected chi connectivity index (χ0v) is 13.6. The Balaban J connectivity index is 1.98. The zero-order chi connectivity index (χ0) is 15.3. The predicted octanol–water partition coefficient (Wildman–Crippen LogP) is 3.97. The second-order valence-corrected chi connectivity index (χ2v) is 6.93. The molecule has 0 aliphatic heterocycles. The third kappa shape index (κ3) is 4.57. The van der Waals surface area contributed by atoms with Crippen molar-refractivity contribution in [2.45, 2.75) is 57.8 Å². The topological polar surface area (TPSA) is 47.6 Å². The molecular weight excluding hydrogens is 260 g/mol. The van der Waals surface area contributed by atoms with Crippen LogP contribution in [0.3, 0.4) is 0 Å². The molecule has 1 aromatic rings. The first-order chi connectivity index (χ1) is 10.0. The van der Waals surface area contributed by atoms with Crippen LogP contribution in [0.1, 0.15) is 63.5 Å². The molecule has 1 aliphatic carbocycles. The van der Waals surface area contributed by atoms with Gasteiger partial charge >= 0.3 is 0 Å². The van der Waals surface area contributed by atoms with Crippen LogP contribution in [0.4, 0.5) is 0 Å². The highest BCUT2D eigenvalue weighted by Crippen LogP contribution is 2.34. The molecule has 0 bridgehead atoms. The van der Waals surface area contributed by atoms with Crippen molar-refractivity contribution >= 4 is 5.71 Å². The molecule has 2 rings (SSSR count). The number of nitrogens with two attached hydrogens (primary N) is 1. The Kier molecular flexibility index (Phi) is 5.40. The lowest BCUT2D eigenvalue weighted by Crippen LogP contribution is -2.16. The summed E-state index contributed by atoms with van der Waals surface area (Å²) in [6, 6.07) is 9.09. The van der Waals surface area contributed by atoms with Crippen molar-refractivity contribution in [3.63, 3.8) is 0 Å². The zero-order valence-electron chi connectivity index (χ0n) is 13.6. The molecule has 3 heteroatoms. The van der Waals surface area contributed by atoms with Gasteiger partial charge in [0.15, 0.2) is 0 Å². The Morgan fingerprint density at radius 1 is 1.24 bits per heavy atom. The van der Waals surface area contributed by atoms with Crippen LogP contribution < -0.4 is 5.73 Å². The van der Waals surface area contributed by atoms with Crippen LogP contribution in [-0.2, 0) is 10.3 Å². The molecule has 1 aliphatic rings. The normalized spacial score (nSPS) is 19.4. The van der Waals surface area contributed by atoms with E-state index in [4.69, 9.17) is 10.6 Å². The van der Waals surface area contributed by atoms with E-state index in [0.717, 1.165) is 12.8 Å².